The Morgan fingerprint density at radius 1 is 1.00 bits per heavy atom. The zero-order chi connectivity index (χ0) is 23.1. The van der Waals surface area contributed by atoms with Crippen LogP contribution in [-0.2, 0) is 29.0 Å². The molecule has 0 radical (unpaired) electrons. The van der Waals surface area contributed by atoms with Gasteiger partial charge in [-0.2, -0.15) is 13.2 Å². The van der Waals surface area contributed by atoms with Gasteiger partial charge in [0.1, 0.15) is 5.82 Å². The van der Waals surface area contributed by atoms with E-state index in [1.807, 2.05) is 0 Å². The maximum absolute atomic E-state index is 13.3. The van der Waals surface area contributed by atoms with Gasteiger partial charge >= 0.3 is 6.18 Å². The first-order valence-electron chi connectivity index (χ1n) is 9.80. The zero-order valence-corrected chi connectivity index (χ0v) is 17.9. The van der Waals surface area contributed by atoms with Crippen molar-refractivity contribution in [1.82, 2.24) is 9.97 Å². The third-order valence-electron chi connectivity index (χ3n) is 5.23. The van der Waals surface area contributed by atoms with E-state index in [0.29, 0.717) is 34.4 Å². The summed E-state index contributed by atoms with van der Waals surface area (Å²) in [6.45, 7) is 1.76. The van der Waals surface area contributed by atoms with Crippen LogP contribution in [0.3, 0.4) is 0 Å². The van der Waals surface area contributed by atoms with Gasteiger partial charge in [-0.05, 0) is 48.7 Å². The maximum Gasteiger partial charge on any atom is 0.416 e. The number of sulfonamides is 1. The molecule has 166 valence electrons. The number of fused-ring (bicyclic) bond motifs is 1. The minimum atomic E-state index is -4.41. The lowest BCUT2D eigenvalue weighted by molar-refractivity contribution is -0.138. The summed E-state index contributed by atoms with van der Waals surface area (Å²) in [5.41, 5.74) is 2.71. The molecule has 0 aliphatic carbocycles. The van der Waals surface area contributed by atoms with Crippen LogP contribution in [0, 0.1) is 6.92 Å². The number of nitrogens with zero attached hydrogens (tertiary/aromatic N) is 1. The molecule has 4 rings (SSSR count). The van der Waals surface area contributed by atoms with Gasteiger partial charge in [0.25, 0.3) is 0 Å². The second kappa shape index (κ2) is 8.07. The Morgan fingerprint density at radius 2 is 1.75 bits per heavy atom. The number of hydrogen-bond acceptors (Lipinski definition) is 3. The summed E-state index contributed by atoms with van der Waals surface area (Å²) < 4.78 is 63.8. The summed E-state index contributed by atoms with van der Waals surface area (Å²) in [5, 5.41) is 5.33. The molecule has 3 N–H and O–H groups in total. The van der Waals surface area contributed by atoms with E-state index in [-0.39, 0.29) is 16.9 Å². The number of imidazole rings is 1. The molecule has 0 spiro atoms. The molecule has 32 heavy (non-hydrogen) atoms. The SMILES string of the molecule is Cc1ccc(C(F)(F)F)c(CCc2nc3cc(-c4ccccc4S(N)(=O)=O)ccc3[nH]2)c1. The minimum Gasteiger partial charge on any atom is -0.342 e. The van der Waals surface area contributed by atoms with Crippen molar-refractivity contribution in [1.29, 1.82) is 0 Å². The number of primary sulfonamides is 1. The average Bonchev–Trinajstić information content (AvgIpc) is 3.13. The van der Waals surface area contributed by atoms with Crippen molar-refractivity contribution in [3.05, 3.63) is 83.2 Å². The van der Waals surface area contributed by atoms with Crippen LogP contribution in [0.1, 0.15) is 22.5 Å². The van der Waals surface area contributed by atoms with E-state index in [4.69, 9.17) is 5.14 Å². The number of hydrogen-bond donors (Lipinski definition) is 2. The van der Waals surface area contributed by atoms with Crippen LogP contribution in [0.4, 0.5) is 13.2 Å². The molecular formula is C23H20F3N3O2S. The highest BCUT2D eigenvalue weighted by Crippen LogP contribution is 2.33. The van der Waals surface area contributed by atoms with Crippen LogP contribution in [0.15, 0.2) is 65.6 Å². The summed E-state index contributed by atoms with van der Waals surface area (Å²) in [4.78, 5) is 7.64. The molecule has 4 aromatic rings. The van der Waals surface area contributed by atoms with Crippen molar-refractivity contribution in [2.75, 3.05) is 0 Å². The zero-order valence-electron chi connectivity index (χ0n) is 17.1. The van der Waals surface area contributed by atoms with E-state index in [2.05, 4.69) is 9.97 Å². The monoisotopic (exact) mass is 459 g/mol. The first-order valence-corrected chi connectivity index (χ1v) is 11.3. The lowest BCUT2D eigenvalue weighted by Crippen LogP contribution is -2.13. The Labute approximate surface area is 183 Å². The van der Waals surface area contributed by atoms with Crippen molar-refractivity contribution < 1.29 is 21.6 Å². The third kappa shape index (κ3) is 4.53. The molecule has 0 bridgehead atoms. The minimum absolute atomic E-state index is 0.00855. The first kappa shape index (κ1) is 22.0. The number of rotatable bonds is 5. The number of aryl methyl sites for hydroxylation is 3. The fraction of sp³-hybridized carbons (Fsp3) is 0.174. The van der Waals surface area contributed by atoms with Gasteiger partial charge < -0.3 is 4.98 Å². The molecule has 0 atom stereocenters. The topological polar surface area (TPSA) is 88.8 Å². The predicted octanol–water partition coefficient (Wildman–Crippen LogP) is 4.99. The summed E-state index contributed by atoms with van der Waals surface area (Å²) in [5.74, 6) is 0.548. The Bertz CT molecular complexity index is 1410. The second-order valence-electron chi connectivity index (χ2n) is 7.61. The van der Waals surface area contributed by atoms with Gasteiger partial charge in [-0.15, -0.1) is 0 Å². The van der Waals surface area contributed by atoms with E-state index in [0.717, 1.165) is 11.6 Å². The fourth-order valence-electron chi connectivity index (χ4n) is 3.76. The fourth-order valence-corrected chi connectivity index (χ4v) is 4.52. The normalized spacial score (nSPS) is 12.4. The molecular weight excluding hydrogens is 439 g/mol. The van der Waals surface area contributed by atoms with Crippen LogP contribution >= 0.6 is 0 Å². The Hall–Kier alpha value is -3.17. The molecule has 0 unspecified atom stereocenters. The van der Waals surface area contributed by atoms with Crippen molar-refractivity contribution in [2.45, 2.75) is 30.8 Å². The van der Waals surface area contributed by atoms with Crippen molar-refractivity contribution in [2.24, 2.45) is 5.14 Å². The van der Waals surface area contributed by atoms with Crippen molar-refractivity contribution in [3.8, 4) is 11.1 Å². The third-order valence-corrected chi connectivity index (χ3v) is 6.20. The highest BCUT2D eigenvalue weighted by Gasteiger charge is 2.33. The Balaban J connectivity index is 1.64. The van der Waals surface area contributed by atoms with E-state index in [9.17, 15) is 21.6 Å². The molecule has 0 saturated heterocycles. The summed E-state index contributed by atoms with van der Waals surface area (Å²) in [6, 6.07) is 15.7. The molecule has 0 aliphatic rings. The molecule has 9 heteroatoms. The largest absolute Gasteiger partial charge is 0.416 e. The molecule has 1 aromatic heterocycles. The van der Waals surface area contributed by atoms with Gasteiger partial charge in [-0.25, -0.2) is 18.5 Å². The number of nitrogens with two attached hydrogens (primary N) is 1. The highest BCUT2D eigenvalue weighted by atomic mass is 32.2. The summed E-state index contributed by atoms with van der Waals surface area (Å²) in [6.07, 6.45) is -3.94. The van der Waals surface area contributed by atoms with Gasteiger partial charge in [0.2, 0.25) is 10.0 Å². The van der Waals surface area contributed by atoms with Gasteiger partial charge in [-0.3, -0.25) is 0 Å². The number of aromatic amines is 1. The molecule has 5 nitrogen and oxygen atoms in total. The highest BCUT2D eigenvalue weighted by molar-refractivity contribution is 7.89. The van der Waals surface area contributed by atoms with E-state index in [1.54, 1.807) is 49.4 Å². The summed E-state index contributed by atoms with van der Waals surface area (Å²) in [7, 11) is -3.91. The van der Waals surface area contributed by atoms with Gasteiger partial charge in [-0.1, -0.05) is 42.0 Å². The number of aromatic nitrogens is 2. The standard InChI is InChI=1S/C23H20F3N3O2S/c1-14-6-9-18(23(24,25)26)16(12-14)8-11-22-28-19-10-7-15(13-20(19)29-22)17-4-2-3-5-21(17)32(27,30)31/h2-7,9-10,12-13H,8,11H2,1H3,(H,28,29)(H2,27,30,31). The molecule has 0 fully saturated rings. The number of benzene rings is 3. The average molecular weight is 459 g/mol. The lowest BCUT2D eigenvalue weighted by atomic mass is 10.00. The molecule has 3 aromatic carbocycles. The number of nitrogens with one attached hydrogen (secondary N) is 1. The molecule has 1 heterocycles. The maximum atomic E-state index is 13.3. The predicted molar refractivity (Wildman–Crippen MR) is 116 cm³/mol. The quantitative estimate of drug-likeness (QED) is 0.441. The van der Waals surface area contributed by atoms with Crippen molar-refractivity contribution in [3.63, 3.8) is 0 Å². The van der Waals surface area contributed by atoms with Crippen LogP contribution in [0.5, 0.6) is 0 Å². The van der Waals surface area contributed by atoms with Crippen LogP contribution in [0.2, 0.25) is 0 Å². The van der Waals surface area contributed by atoms with Crippen molar-refractivity contribution >= 4 is 21.1 Å². The number of H-pyrrole nitrogens is 1. The van der Waals surface area contributed by atoms with E-state index in [1.165, 1.54) is 12.1 Å². The molecule has 0 saturated carbocycles. The number of alkyl halides is 3. The molecule has 0 amide bonds. The van der Waals surface area contributed by atoms with Crippen LogP contribution in [0.25, 0.3) is 22.2 Å². The number of halogens is 3. The van der Waals surface area contributed by atoms with Crippen LogP contribution in [-0.4, -0.2) is 18.4 Å². The van der Waals surface area contributed by atoms with E-state index >= 15 is 0 Å². The Kier molecular flexibility index (Phi) is 5.56. The lowest BCUT2D eigenvalue weighted by Gasteiger charge is -2.13. The van der Waals surface area contributed by atoms with Gasteiger partial charge in [0.15, 0.2) is 0 Å². The molecule has 0 aliphatic heterocycles. The Morgan fingerprint density at radius 3 is 2.47 bits per heavy atom. The van der Waals surface area contributed by atoms with Crippen LogP contribution < -0.4 is 5.14 Å². The van der Waals surface area contributed by atoms with Gasteiger partial charge in [0.05, 0.1) is 21.5 Å². The van der Waals surface area contributed by atoms with E-state index < -0.39 is 21.8 Å². The first-order chi connectivity index (χ1) is 15.0. The second-order valence-corrected chi connectivity index (χ2v) is 9.14. The summed E-state index contributed by atoms with van der Waals surface area (Å²) >= 11 is 0. The van der Waals surface area contributed by atoms with Gasteiger partial charge in [0, 0.05) is 12.0 Å². The smallest absolute Gasteiger partial charge is 0.342 e.